The van der Waals surface area contributed by atoms with E-state index in [0.29, 0.717) is 11.8 Å². The molecule has 0 aromatic rings. The zero-order valence-corrected chi connectivity index (χ0v) is 11.2. The first-order valence-corrected chi connectivity index (χ1v) is 8.80. The Morgan fingerprint density at radius 3 is 2.67 bits per heavy atom. The maximum Gasteiger partial charge on any atom is 0.147 e. The van der Waals surface area contributed by atoms with Crippen LogP contribution in [0, 0.1) is 0 Å². The van der Waals surface area contributed by atoms with Gasteiger partial charge in [-0.25, -0.2) is 8.42 Å². The van der Waals surface area contributed by atoms with Crippen LogP contribution in [0.1, 0.15) is 25.7 Å². The van der Waals surface area contributed by atoms with Crippen LogP contribution >= 0.6 is 11.8 Å². The molecule has 1 N–H and O–H groups in total. The summed E-state index contributed by atoms with van der Waals surface area (Å²) in [5, 5.41) is 4.24. The minimum absolute atomic E-state index is 0.304. The van der Waals surface area contributed by atoms with Crippen molar-refractivity contribution in [3.63, 3.8) is 0 Å². The van der Waals surface area contributed by atoms with Crippen LogP contribution in [0.3, 0.4) is 0 Å². The molecule has 0 aromatic carbocycles. The topological polar surface area (TPSA) is 46.2 Å². The first-order valence-electron chi connectivity index (χ1n) is 5.45. The van der Waals surface area contributed by atoms with E-state index in [1.165, 1.54) is 25.5 Å². The number of hydrogen-bond donors (Lipinski definition) is 1. The first-order chi connectivity index (χ1) is 7.01. The third-order valence-corrected chi connectivity index (χ3v) is 4.97. The van der Waals surface area contributed by atoms with Gasteiger partial charge in [0.2, 0.25) is 0 Å². The average molecular weight is 251 g/mol. The fraction of sp³-hybridized carbons (Fsp3) is 1.00. The van der Waals surface area contributed by atoms with Gasteiger partial charge in [0.1, 0.15) is 9.84 Å². The van der Waals surface area contributed by atoms with E-state index in [-0.39, 0.29) is 0 Å². The van der Waals surface area contributed by atoms with Crippen molar-refractivity contribution in [2.24, 2.45) is 0 Å². The molecule has 0 spiro atoms. The van der Waals surface area contributed by atoms with Crippen molar-refractivity contribution in [1.29, 1.82) is 0 Å². The highest BCUT2D eigenvalue weighted by atomic mass is 32.2. The van der Waals surface area contributed by atoms with Crippen LogP contribution in [0.4, 0.5) is 0 Å². The lowest BCUT2D eigenvalue weighted by molar-refractivity contribution is 0.522. The van der Waals surface area contributed by atoms with Crippen LogP contribution < -0.4 is 5.32 Å². The fourth-order valence-corrected chi connectivity index (χ4v) is 3.45. The van der Waals surface area contributed by atoms with E-state index in [1.807, 2.05) is 11.8 Å². The lowest BCUT2D eigenvalue weighted by Crippen LogP contribution is -2.28. The van der Waals surface area contributed by atoms with E-state index in [4.69, 9.17) is 0 Å². The molecule has 1 saturated carbocycles. The molecule has 1 aliphatic carbocycles. The van der Waals surface area contributed by atoms with Gasteiger partial charge in [0.15, 0.2) is 0 Å². The Hall–Kier alpha value is 0.260. The minimum atomic E-state index is -2.78. The van der Waals surface area contributed by atoms with E-state index in [9.17, 15) is 8.42 Å². The molecular weight excluding hydrogens is 230 g/mol. The molecule has 2 atom stereocenters. The second kappa shape index (κ2) is 6.11. The second-order valence-corrected chi connectivity index (χ2v) is 7.70. The van der Waals surface area contributed by atoms with Crippen molar-refractivity contribution < 1.29 is 8.42 Å². The van der Waals surface area contributed by atoms with Crippen LogP contribution in [-0.2, 0) is 9.84 Å². The van der Waals surface area contributed by atoms with Crippen molar-refractivity contribution in [1.82, 2.24) is 5.32 Å². The molecule has 0 bridgehead atoms. The third-order valence-electron chi connectivity index (χ3n) is 2.84. The van der Waals surface area contributed by atoms with E-state index in [1.54, 1.807) is 0 Å². The molecule has 0 aromatic heterocycles. The van der Waals surface area contributed by atoms with Gasteiger partial charge in [-0.2, -0.15) is 11.8 Å². The zero-order chi connectivity index (χ0) is 11.3. The summed E-state index contributed by atoms with van der Waals surface area (Å²) in [4.78, 5) is 0. The first kappa shape index (κ1) is 13.3. The lowest BCUT2D eigenvalue weighted by Gasteiger charge is -2.12. The number of hydrogen-bond acceptors (Lipinski definition) is 4. The zero-order valence-electron chi connectivity index (χ0n) is 9.53. The van der Waals surface area contributed by atoms with Crippen molar-refractivity contribution in [2.75, 3.05) is 24.8 Å². The van der Waals surface area contributed by atoms with Gasteiger partial charge in [-0.3, -0.25) is 0 Å². The van der Waals surface area contributed by atoms with Gasteiger partial charge in [0, 0.05) is 17.5 Å². The van der Waals surface area contributed by atoms with Gasteiger partial charge >= 0.3 is 0 Å². The summed E-state index contributed by atoms with van der Waals surface area (Å²) in [5.74, 6) is 0.304. The fourth-order valence-electron chi connectivity index (χ4n) is 1.98. The summed E-state index contributed by atoms with van der Waals surface area (Å²) >= 11 is 1.94. The van der Waals surface area contributed by atoms with E-state index in [0.717, 1.165) is 18.2 Å². The highest BCUT2D eigenvalue weighted by Crippen LogP contribution is 2.27. The predicted octanol–water partition coefficient (Wildman–Crippen LogP) is 1.29. The van der Waals surface area contributed by atoms with Crippen LogP contribution in [-0.4, -0.2) is 44.5 Å². The summed E-state index contributed by atoms with van der Waals surface area (Å²) in [6, 6.07) is 0.613. The Balaban J connectivity index is 2.07. The molecule has 1 rings (SSSR count). The minimum Gasteiger partial charge on any atom is -0.314 e. The Bertz CT molecular complexity index is 277. The average Bonchev–Trinajstić information content (AvgIpc) is 2.59. The monoisotopic (exact) mass is 251 g/mol. The summed E-state index contributed by atoms with van der Waals surface area (Å²) in [6.07, 6.45) is 7.97. The van der Waals surface area contributed by atoms with Gasteiger partial charge in [-0.15, -0.1) is 0 Å². The largest absolute Gasteiger partial charge is 0.314 e. The molecule has 2 unspecified atom stereocenters. The summed E-state index contributed by atoms with van der Waals surface area (Å²) in [7, 11) is -2.78. The molecule has 0 radical (unpaired) electrons. The molecule has 3 nitrogen and oxygen atoms in total. The molecule has 0 saturated heterocycles. The summed E-state index contributed by atoms with van der Waals surface area (Å²) in [6.45, 7) is 0.832. The van der Waals surface area contributed by atoms with Gasteiger partial charge in [-0.1, -0.05) is 0 Å². The number of sulfone groups is 1. The summed E-state index contributed by atoms with van der Waals surface area (Å²) < 4.78 is 21.8. The summed E-state index contributed by atoms with van der Waals surface area (Å²) in [5.41, 5.74) is 0. The van der Waals surface area contributed by atoms with Crippen LogP contribution in [0.2, 0.25) is 0 Å². The number of nitrogens with one attached hydrogen (secondary N) is 1. The van der Waals surface area contributed by atoms with E-state index >= 15 is 0 Å². The molecule has 1 aliphatic rings. The quantitative estimate of drug-likeness (QED) is 0.723. The Kier molecular flexibility index (Phi) is 5.43. The Morgan fingerprint density at radius 2 is 2.13 bits per heavy atom. The normalized spacial score (nSPS) is 27.1. The van der Waals surface area contributed by atoms with Crippen molar-refractivity contribution in [3.8, 4) is 0 Å². The van der Waals surface area contributed by atoms with Gasteiger partial charge < -0.3 is 5.32 Å². The number of rotatable bonds is 6. The van der Waals surface area contributed by atoms with Crippen molar-refractivity contribution in [2.45, 2.75) is 37.0 Å². The smallest absolute Gasteiger partial charge is 0.147 e. The molecule has 1 fully saturated rings. The molecule has 0 aliphatic heterocycles. The van der Waals surface area contributed by atoms with Crippen molar-refractivity contribution in [3.05, 3.63) is 0 Å². The Morgan fingerprint density at radius 1 is 1.40 bits per heavy atom. The van der Waals surface area contributed by atoms with E-state index < -0.39 is 9.84 Å². The maximum absolute atomic E-state index is 10.9. The molecule has 90 valence electrons. The second-order valence-electron chi connectivity index (χ2n) is 4.31. The standard InChI is InChI=1S/C10H21NO2S2/c1-14-10-5-4-9(8-10)11-6-3-7-15(2,12)13/h9-11H,3-8H2,1-2H3. The number of thioether (sulfide) groups is 1. The molecular formula is C10H21NO2S2. The highest BCUT2D eigenvalue weighted by molar-refractivity contribution is 7.99. The maximum atomic E-state index is 10.9. The highest BCUT2D eigenvalue weighted by Gasteiger charge is 2.22. The van der Waals surface area contributed by atoms with Gasteiger partial charge in [0.25, 0.3) is 0 Å². The molecule has 15 heavy (non-hydrogen) atoms. The lowest BCUT2D eigenvalue weighted by atomic mass is 10.2. The molecule has 0 heterocycles. The van der Waals surface area contributed by atoms with Crippen LogP contribution in [0.5, 0.6) is 0 Å². The third kappa shape index (κ3) is 5.78. The van der Waals surface area contributed by atoms with Crippen LogP contribution in [0.15, 0.2) is 0 Å². The van der Waals surface area contributed by atoms with Gasteiger partial charge in [-0.05, 0) is 38.5 Å². The van der Waals surface area contributed by atoms with Gasteiger partial charge in [0.05, 0.1) is 5.75 Å². The van der Waals surface area contributed by atoms with E-state index in [2.05, 4.69) is 11.6 Å². The Labute approximate surface area is 97.3 Å². The predicted molar refractivity (Wildman–Crippen MR) is 67.3 cm³/mol. The van der Waals surface area contributed by atoms with Crippen molar-refractivity contribution >= 4 is 21.6 Å². The molecule has 0 amide bonds. The van der Waals surface area contributed by atoms with Crippen LogP contribution in [0.25, 0.3) is 0 Å². The molecule has 5 heteroatoms. The SMILES string of the molecule is CSC1CCC(NCCCS(C)(=O)=O)C1.